The third-order valence-corrected chi connectivity index (χ3v) is 5.55. The number of rotatable bonds is 5. The molecule has 1 aliphatic carbocycles. The maximum absolute atomic E-state index is 12.4. The molecule has 1 aromatic rings. The van der Waals surface area contributed by atoms with Gasteiger partial charge in [-0.2, -0.15) is 0 Å². The highest BCUT2D eigenvalue weighted by molar-refractivity contribution is 5.79. The highest BCUT2D eigenvalue weighted by atomic mass is 16.5. The van der Waals surface area contributed by atoms with E-state index in [1.165, 1.54) is 11.1 Å². The highest BCUT2D eigenvalue weighted by Crippen LogP contribution is 2.30. The molecule has 1 saturated heterocycles. The smallest absolute Gasteiger partial charge is 0.309 e. The predicted octanol–water partition coefficient (Wildman–Crippen LogP) is 3.86. The summed E-state index contributed by atoms with van der Waals surface area (Å²) < 4.78 is 5.61. The minimum Gasteiger partial charge on any atom is -0.463 e. The molecule has 1 fully saturated rings. The van der Waals surface area contributed by atoms with Crippen LogP contribution in [-0.2, 0) is 20.9 Å². The second-order valence-electron chi connectivity index (χ2n) is 7.33. The molecule has 2 atom stereocenters. The summed E-state index contributed by atoms with van der Waals surface area (Å²) in [5.41, 5.74) is 3.83. The van der Waals surface area contributed by atoms with Gasteiger partial charge >= 0.3 is 5.97 Å². The monoisotopic (exact) mass is 341 g/mol. The Morgan fingerprint density at radius 2 is 1.88 bits per heavy atom. The van der Waals surface area contributed by atoms with Crippen LogP contribution in [0.5, 0.6) is 0 Å². The topological polar surface area (TPSA) is 46.6 Å². The van der Waals surface area contributed by atoms with E-state index < -0.39 is 0 Å². The van der Waals surface area contributed by atoms with Gasteiger partial charge in [0.2, 0.25) is 5.91 Å². The Kier molecular flexibility index (Phi) is 5.57. The number of likely N-dealkylation sites (tertiary alicyclic amines) is 1. The van der Waals surface area contributed by atoms with Crippen LogP contribution in [0.15, 0.2) is 41.5 Å². The van der Waals surface area contributed by atoms with Gasteiger partial charge in [-0.05, 0) is 45.1 Å². The molecule has 1 heterocycles. The number of carbonyl (C=O) groups excluding carboxylic acids is 2. The third kappa shape index (κ3) is 4.30. The number of nitrogens with zero attached hydrogens (tertiary/aromatic N) is 1. The number of allylic oxidation sites excluding steroid dienone is 2. The van der Waals surface area contributed by atoms with Gasteiger partial charge in [0.1, 0.15) is 6.61 Å². The van der Waals surface area contributed by atoms with E-state index in [1.54, 1.807) is 0 Å². The average Bonchev–Trinajstić information content (AvgIpc) is 2.96. The van der Waals surface area contributed by atoms with E-state index in [4.69, 9.17) is 4.74 Å². The van der Waals surface area contributed by atoms with Crippen molar-refractivity contribution in [3.63, 3.8) is 0 Å². The molecular formula is C21H27NO3. The normalized spacial score (nSPS) is 23.9. The molecule has 25 heavy (non-hydrogen) atoms. The molecule has 2 aliphatic rings. The maximum Gasteiger partial charge on any atom is 0.309 e. The largest absolute Gasteiger partial charge is 0.463 e. The Morgan fingerprint density at radius 3 is 2.60 bits per heavy atom. The molecule has 0 spiro atoms. The standard InChI is InChI=1S/C21H27NO3/c1-15-8-9-18(12-16(15)2)21(24)25-14-19-10-11-20(23)22(19)13-17-6-4-3-5-7-17/h3-7,18-19H,8-14H2,1-2H3/t18?,19-/m0/s1. The summed E-state index contributed by atoms with van der Waals surface area (Å²) in [4.78, 5) is 26.5. The highest BCUT2D eigenvalue weighted by Gasteiger charge is 2.33. The van der Waals surface area contributed by atoms with E-state index in [1.807, 2.05) is 35.2 Å². The van der Waals surface area contributed by atoms with E-state index in [0.29, 0.717) is 19.6 Å². The Bertz CT molecular complexity index is 665. The van der Waals surface area contributed by atoms with Crippen LogP contribution >= 0.6 is 0 Å². The van der Waals surface area contributed by atoms with Gasteiger partial charge in [-0.3, -0.25) is 9.59 Å². The predicted molar refractivity (Wildman–Crippen MR) is 96.7 cm³/mol. The number of hydrogen-bond donors (Lipinski definition) is 0. The van der Waals surface area contributed by atoms with Crippen molar-refractivity contribution in [3.8, 4) is 0 Å². The zero-order valence-corrected chi connectivity index (χ0v) is 15.2. The molecule has 0 bridgehead atoms. The maximum atomic E-state index is 12.4. The minimum atomic E-state index is -0.106. The SMILES string of the molecule is CC1=C(C)CC(C(=O)OC[C@@H]2CCC(=O)N2Cc2ccccc2)CC1. The van der Waals surface area contributed by atoms with Crippen LogP contribution in [0.4, 0.5) is 0 Å². The first kappa shape index (κ1) is 17.7. The summed E-state index contributed by atoms with van der Waals surface area (Å²) in [7, 11) is 0. The van der Waals surface area contributed by atoms with Crippen molar-refractivity contribution in [1.29, 1.82) is 0 Å². The Morgan fingerprint density at radius 1 is 1.12 bits per heavy atom. The first-order valence-electron chi connectivity index (χ1n) is 9.20. The van der Waals surface area contributed by atoms with E-state index in [9.17, 15) is 9.59 Å². The molecule has 0 radical (unpaired) electrons. The van der Waals surface area contributed by atoms with Gasteiger partial charge < -0.3 is 9.64 Å². The fourth-order valence-corrected chi connectivity index (χ4v) is 3.71. The summed E-state index contributed by atoms with van der Waals surface area (Å²) >= 11 is 0. The molecule has 0 N–H and O–H groups in total. The quantitative estimate of drug-likeness (QED) is 0.603. The number of benzene rings is 1. The number of esters is 1. The van der Waals surface area contributed by atoms with Gasteiger partial charge in [0, 0.05) is 13.0 Å². The third-order valence-electron chi connectivity index (χ3n) is 5.55. The van der Waals surface area contributed by atoms with Crippen molar-refractivity contribution in [1.82, 2.24) is 4.90 Å². The van der Waals surface area contributed by atoms with E-state index >= 15 is 0 Å². The zero-order valence-electron chi connectivity index (χ0n) is 15.2. The number of hydrogen-bond acceptors (Lipinski definition) is 3. The average molecular weight is 341 g/mol. The number of carbonyl (C=O) groups is 2. The van der Waals surface area contributed by atoms with Crippen LogP contribution in [-0.4, -0.2) is 29.4 Å². The molecule has 1 aliphatic heterocycles. The molecule has 3 rings (SSSR count). The van der Waals surface area contributed by atoms with Gasteiger partial charge in [0.15, 0.2) is 0 Å². The van der Waals surface area contributed by atoms with Gasteiger partial charge in [0.05, 0.1) is 12.0 Å². The zero-order chi connectivity index (χ0) is 17.8. The van der Waals surface area contributed by atoms with Crippen LogP contribution in [0.2, 0.25) is 0 Å². The van der Waals surface area contributed by atoms with Crippen LogP contribution < -0.4 is 0 Å². The lowest BCUT2D eigenvalue weighted by Gasteiger charge is -2.27. The van der Waals surface area contributed by atoms with Gasteiger partial charge in [-0.15, -0.1) is 0 Å². The molecule has 1 unspecified atom stereocenters. The second-order valence-corrected chi connectivity index (χ2v) is 7.33. The first-order chi connectivity index (χ1) is 12.0. The Hall–Kier alpha value is -2.10. The molecule has 0 saturated carbocycles. The lowest BCUT2D eigenvalue weighted by molar-refractivity contribution is -0.151. The molecular weight excluding hydrogens is 314 g/mol. The van der Waals surface area contributed by atoms with E-state index in [-0.39, 0.29) is 23.8 Å². The van der Waals surface area contributed by atoms with Gasteiger partial charge in [0.25, 0.3) is 0 Å². The van der Waals surface area contributed by atoms with E-state index in [0.717, 1.165) is 31.2 Å². The first-order valence-corrected chi connectivity index (χ1v) is 9.20. The van der Waals surface area contributed by atoms with Gasteiger partial charge in [-0.25, -0.2) is 0 Å². The number of amides is 1. The molecule has 4 nitrogen and oxygen atoms in total. The van der Waals surface area contributed by atoms with Crippen molar-refractivity contribution in [3.05, 3.63) is 47.0 Å². The molecule has 1 amide bonds. The lowest BCUT2D eigenvalue weighted by atomic mass is 9.85. The molecule has 134 valence electrons. The van der Waals surface area contributed by atoms with Crippen LogP contribution in [0.25, 0.3) is 0 Å². The lowest BCUT2D eigenvalue weighted by Crippen LogP contribution is -2.37. The number of ether oxygens (including phenoxy) is 1. The van der Waals surface area contributed by atoms with Crippen molar-refractivity contribution in [2.75, 3.05) is 6.61 Å². The molecule has 1 aromatic carbocycles. The van der Waals surface area contributed by atoms with Crippen molar-refractivity contribution in [2.45, 2.75) is 58.5 Å². The van der Waals surface area contributed by atoms with E-state index in [2.05, 4.69) is 13.8 Å². The minimum absolute atomic E-state index is 0.00128. The van der Waals surface area contributed by atoms with Crippen LogP contribution in [0.1, 0.15) is 51.5 Å². The van der Waals surface area contributed by atoms with Crippen molar-refractivity contribution >= 4 is 11.9 Å². The van der Waals surface area contributed by atoms with Gasteiger partial charge in [-0.1, -0.05) is 41.5 Å². The van der Waals surface area contributed by atoms with Crippen LogP contribution in [0.3, 0.4) is 0 Å². The molecule has 0 aromatic heterocycles. The van der Waals surface area contributed by atoms with Crippen molar-refractivity contribution < 1.29 is 14.3 Å². The second kappa shape index (κ2) is 7.85. The Balaban J connectivity index is 1.55. The summed E-state index contributed by atoms with van der Waals surface area (Å²) in [5.74, 6) is 0.0196. The molecule has 4 heteroatoms. The Labute approximate surface area is 149 Å². The fraction of sp³-hybridized carbons (Fsp3) is 0.524. The summed E-state index contributed by atoms with van der Waals surface area (Å²) in [6.07, 6.45) is 3.97. The summed E-state index contributed by atoms with van der Waals surface area (Å²) in [6, 6.07) is 9.97. The summed E-state index contributed by atoms with van der Waals surface area (Å²) in [6.45, 7) is 5.15. The van der Waals surface area contributed by atoms with Crippen molar-refractivity contribution in [2.24, 2.45) is 5.92 Å². The van der Waals surface area contributed by atoms with Crippen LogP contribution in [0, 0.1) is 5.92 Å². The summed E-state index contributed by atoms with van der Waals surface area (Å²) in [5, 5.41) is 0. The fourth-order valence-electron chi connectivity index (χ4n) is 3.71.